The molecule has 0 N–H and O–H groups in total. The molecule has 0 bridgehead atoms. The molecule has 0 spiro atoms. The molecule has 0 aliphatic carbocycles. The monoisotopic (exact) mass is 216 g/mol. The lowest BCUT2D eigenvalue weighted by molar-refractivity contribution is -0.151. The highest BCUT2D eigenvalue weighted by atomic mass is 19.4. The number of carbonyl (C=O) groups is 1. The SMILES string of the molecule is CCC(c1cccc(C=O)c1)C(F)(F)F. The average Bonchev–Trinajstić information content (AvgIpc) is 2.17. The zero-order chi connectivity index (χ0) is 11.5. The molecule has 0 radical (unpaired) electrons. The van der Waals surface area contributed by atoms with Crippen molar-refractivity contribution >= 4 is 6.29 Å². The van der Waals surface area contributed by atoms with Crippen LogP contribution >= 0.6 is 0 Å². The number of aldehydes is 1. The Balaban J connectivity index is 3.07. The van der Waals surface area contributed by atoms with E-state index in [1.807, 2.05) is 0 Å². The van der Waals surface area contributed by atoms with Gasteiger partial charge in [0.15, 0.2) is 0 Å². The molecule has 1 rings (SSSR count). The van der Waals surface area contributed by atoms with Crippen LogP contribution < -0.4 is 0 Å². The predicted molar refractivity (Wildman–Crippen MR) is 50.9 cm³/mol. The number of hydrogen-bond acceptors (Lipinski definition) is 1. The third kappa shape index (κ3) is 2.81. The van der Waals surface area contributed by atoms with E-state index in [0.717, 1.165) is 0 Å². The maximum atomic E-state index is 12.6. The first-order chi connectivity index (χ1) is 6.99. The van der Waals surface area contributed by atoms with Crippen LogP contribution in [0.3, 0.4) is 0 Å². The number of hydrogen-bond donors (Lipinski definition) is 0. The highest BCUT2D eigenvalue weighted by molar-refractivity contribution is 5.75. The van der Waals surface area contributed by atoms with E-state index in [-0.39, 0.29) is 17.5 Å². The van der Waals surface area contributed by atoms with Gasteiger partial charge in [-0.3, -0.25) is 4.79 Å². The van der Waals surface area contributed by atoms with E-state index in [9.17, 15) is 18.0 Å². The topological polar surface area (TPSA) is 17.1 Å². The summed E-state index contributed by atoms with van der Waals surface area (Å²) in [4.78, 5) is 10.4. The average molecular weight is 216 g/mol. The van der Waals surface area contributed by atoms with Crippen LogP contribution in [0.2, 0.25) is 0 Å². The standard InChI is InChI=1S/C11H11F3O/c1-2-10(11(12,13)14)9-5-3-4-8(6-9)7-15/h3-7,10H,2H2,1H3. The van der Waals surface area contributed by atoms with Crippen molar-refractivity contribution in [2.24, 2.45) is 0 Å². The molecule has 1 aromatic rings. The summed E-state index contributed by atoms with van der Waals surface area (Å²) in [7, 11) is 0. The lowest BCUT2D eigenvalue weighted by Gasteiger charge is -2.19. The Bertz CT molecular complexity index is 344. The summed E-state index contributed by atoms with van der Waals surface area (Å²) >= 11 is 0. The predicted octanol–water partition coefficient (Wildman–Crippen LogP) is 3.56. The highest BCUT2D eigenvalue weighted by Crippen LogP contribution is 2.37. The molecule has 1 nitrogen and oxygen atoms in total. The van der Waals surface area contributed by atoms with E-state index in [0.29, 0.717) is 6.29 Å². The van der Waals surface area contributed by atoms with E-state index < -0.39 is 12.1 Å². The van der Waals surface area contributed by atoms with Gasteiger partial charge in [0, 0.05) is 5.56 Å². The Hall–Kier alpha value is -1.32. The second kappa shape index (κ2) is 4.47. The van der Waals surface area contributed by atoms with E-state index in [1.54, 1.807) is 0 Å². The normalized spacial score (nSPS) is 13.6. The van der Waals surface area contributed by atoms with Crippen LogP contribution in [0.5, 0.6) is 0 Å². The van der Waals surface area contributed by atoms with Gasteiger partial charge in [-0.25, -0.2) is 0 Å². The molecule has 15 heavy (non-hydrogen) atoms. The van der Waals surface area contributed by atoms with Crippen molar-refractivity contribution in [2.45, 2.75) is 25.4 Å². The third-order valence-corrected chi connectivity index (χ3v) is 2.25. The van der Waals surface area contributed by atoms with Crippen LogP contribution in [-0.4, -0.2) is 12.5 Å². The molecule has 0 fully saturated rings. The summed E-state index contributed by atoms with van der Waals surface area (Å²) in [6.45, 7) is 1.48. The van der Waals surface area contributed by atoms with Crippen LogP contribution in [0.15, 0.2) is 24.3 Å². The van der Waals surface area contributed by atoms with Crippen molar-refractivity contribution < 1.29 is 18.0 Å². The van der Waals surface area contributed by atoms with E-state index in [1.165, 1.54) is 31.2 Å². The smallest absolute Gasteiger partial charge is 0.298 e. The summed E-state index contributed by atoms with van der Waals surface area (Å²) < 4.78 is 37.7. The van der Waals surface area contributed by atoms with Crippen molar-refractivity contribution in [3.05, 3.63) is 35.4 Å². The van der Waals surface area contributed by atoms with Crippen LogP contribution in [0.4, 0.5) is 13.2 Å². The van der Waals surface area contributed by atoms with Gasteiger partial charge in [-0.05, 0) is 18.1 Å². The van der Waals surface area contributed by atoms with E-state index in [4.69, 9.17) is 0 Å². The molecule has 0 amide bonds. The minimum Gasteiger partial charge on any atom is -0.298 e. The first kappa shape index (κ1) is 11.8. The maximum absolute atomic E-state index is 12.6. The van der Waals surface area contributed by atoms with Crippen molar-refractivity contribution in [3.63, 3.8) is 0 Å². The van der Waals surface area contributed by atoms with Gasteiger partial charge in [-0.2, -0.15) is 13.2 Å². The molecule has 0 aliphatic rings. The van der Waals surface area contributed by atoms with Crippen LogP contribution in [-0.2, 0) is 0 Å². The van der Waals surface area contributed by atoms with Gasteiger partial charge in [-0.1, -0.05) is 25.1 Å². The molecule has 0 heterocycles. The molecule has 82 valence electrons. The van der Waals surface area contributed by atoms with Gasteiger partial charge in [-0.15, -0.1) is 0 Å². The number of rotatable bonds is 3. The fraction of sp³-hybridized carbons (Fsp3) is 0.364. The van der Waals surface area contributed by atoms with Crippen LogP contribution in [0, 0.1) is 0 Å². The second-order valence-electron chi connectivity index (χ2n) is 3.29. The van der Waals surface area contributed by atoms with Crippen molar-refractivity contribution in [1.29, 1.82) is 0 Å². The first-order valence-corrected chi connectivity index (χ1v) is 4.61. The molecule has 0 saturated carbocycles. The van der Waals surface area contributed by atoms with Crippen molar-refractivity contribution in [3.8, 4) is 0 Å². The highest BCUT2D eigenvalue weighted by Gasteiger charge is 2.39. The fourth-order valence-corrected chi connectivity index (χ4v) is 1.51. The summed E-state index contributed by atoms with van der Waals surface area (Å²) in [6.07, 6.45) is -3.73. The maximum Gasteiger partial charge on any atom is 0.395 e. The number of alkyl halides is 3. The van der Waals surface area contributed by atoms with E-state index in [2.05, 4.69) is 0 Å². The third-order valence-electron chi connectivity index (χ3n) is 2.25. The molecule has 0 saturated heterocycles. The van der Waals surface area contributed by atoms with Crippen LogP contribution in [0.1, 0.15) is 35.2 Å². The number of halogens is 3. The van der Waals surface area contributed by atoms with Gasteiger partial charge in [0.05, 0.1) is 5.92 Å². The van der Waals surface area contributed by atoms with Gasteiger partial charge in [0.25, 0.3) is 0 Å². The molecule has 0 aliphatic heterocycles. The first-order valence-electron chi connectivity index (χ1n) is 4.61. The molecular formula is C11H11F3O. The minimum absolute atomic E-state index is 0.0220. The Morgan fingerprint density at radius 1 is 1.40 bits per heavy atom. The zero-order valence-corrected chi connectivity index (χ0v) is 8.21. The van der Waals surface area contributed by atoms with E-state index >= 15 is 0 Å². The Kier molecular flexibility index (Phi) is 3.50. The zero-order valence-electron chi connectivity index (χ0n) is 8.21. The Morgan fingerprint density at radius 3 is 2.53 bits per heavy atom. The Morgan fingerprint density at radius 2 is 2.07 bits per heavy atom. The fourth-order valence-electron chi connectivity index (χ4n) is 1.51. The molecule has 1 unspecified atom stereocenters. The van der Waals surface area contributed by atoms with Gasteiger partial charge in [0.2, 0.25) is 0 Å². The summed E-state index contributed by atoms with van der Waals surface area (Å²) in [5.74, 6) is -1.49. The van der Waals surface area contributed by atoms with Crippen LogP contribution in [0.25, 0.3) is 0 Å². The Labute approximate surface area is 85.9 Å². The summed E-state index contributed by atoms with van der Waals surface area (Å²) in [6, 6.07) is 5.64. The lowest BCUT2D eigenvalue weighted by atomic mass is 9.95. The van der Waals surface area contributed by atoms with Gasteiger partial charge < -0.3 is 0 Å². The molecular weight excluding hydrogens is 205 g/mol. The molecule has 1 atom stereocenters. The van der Waals surface area contributed by atoms with Gasteiger partial charge in [0.1, 0.15) is 6.29 Å². The lowest BCUT2D eigenvalue weighted by Crippen LogP contribution is -2.20. The quantitative estimate of drug-likeness (QED) is 0.706. The van der Waals surface area contributed by atoms with Crippen molar-refractivity contribution in [1.82, 2.24) is 0 Å². The largest absolute Gasteiger partial charge is 0.395 e. The second-order valence-corrected chi connectivity index (χ2v) is 3.29. The van der Waals surface area contributed by atoms with Crippen molar-refractivity contribution in [2.75, 3.05) is 0 Å². The summed E-state index contributed by atoms with van der Waals surface area (Å²) in [5, 5.41) is 0. The summed E-state index contributed by atoms with van der Waals surface area (Å²) in [5.41, 5.74) is 0.421. The number of benzene rings is 1. The number of carbonyl (C=O) groups excluding carboxylic acids is 1. The molecule has 0 aromatic heterocycles. The molecule has 4 heteroatoms. The van der Waals surface area contributed by atoms with Gasteiger partial charge >= 0.3 is 6.18 Å². The minimum atomic E-state index is -4.25. The molecule has 1 aromatic carbocycles.